The number of benzene rings is 2. The predicted molar refractivity (Wildman–Crippen MR) is 116 cm³/mol. The number of anilines is 2. The summed E-state index contributed by atoms with van der Waals surface area (Å²) >= 11 is 0. The molecule has 0 bridgehead atoms. The molecule has 4 aromatic rings. The maximum Gasteiger partial charge on any atom is 0.240 e. The number of hydrogen-bond donors (Lipinski definition) is 3. The molecule has 0 unspecified atom stereocenters. The highest BCUT2D eigenvalue weighted by molar-refractivity contribution is 6.16. The minimum absolute atomic E-state index is 0.0445. The first-order valence-electron chi connectivity index (χ1n) is 10.1. The molecule has 2 aromatic heterocycles. The minimum Gasteiger partial charge on any atom is -0.453 e. The van der Waals surface area contributed by atoms with Gasteiger partial charge in [-0.25, -0.2) is 13.8 Å². The number of hydrogen-bond acceptors (Lipinski definition) is 5. The summed E-state index contributed by atoms with van der Waals surface area (Å²) in [5.41, 5.74) is -0.167. The predicted octanol–water partition coefficient (Wildman–Crippen LogP) is 4.39. The Labute approximate surface area is 186 Å². The molecule has 166 valence electrons. The Hall–Kier alpha value is -4.34. The number of carbonyl (C=O) groups excluding carboxylic acids is 2. The highest BCUT2D eigenvalue weighted by atomic mass is 19.1. The van der Waals surface area contributed by atoms with Crippen molar-refractivity contribution >= 4 is 34.2 Å². The van der Waals surface area contributed by atoms with Crippen molar-refractivity contribution in [3.8, 4) is 11.5 Å². The first-order valence-corrected chi connectivity index (χ1v) is 10.1. The van der Waals surface area contributed by atoms with Gasteiger partial charge in [-0.05, 0) is 55.3 Å². The van der Waals surface area contributed by atoms with E-state index in [1.165, 1.54) is 48.8 Å². The van der Waals surface area contributed by atoms with Gasteiger partial charge in [0.15, 0.2) is 17.2 Å². The van der Waals surface area contributed by atoms with Crippen molar-refractivity contribution in [2.24, 2.45) is 5.41 Å². The molecule has 5 rings (SSSR count). The van der Waals surface area contributed by atoms with Gasteiger partial charge in [-0.1, -0.05) is 0 Å². The van der Waals surface area contributed by atoms with Gasteiger partial charge < -0.3 is 15.4 Å². The third kappa shape index (κ3) is 3.98. The molecule has 1 fully saturated rings. The van der Waals surface area contributed by atoms with E-state index in [1.54, 1.807) is 6.07 Å². The van der Waals surface area contributed by atoms with Crippen molar-refractivity contribution < 1.29 is 23.1 Å². The minimum atomic E-state index is -1.25. The van der Waals surface area contributed by atoms with E-state index < -0.39 is 28.9 Å². The van der Waals surface area contributed by atoms with Crippen LogP contribution in [0.2, 0.25) is 0 Å². The van der Waals surface area contributed by atoms with Crippen molar-refractivity contribution in [3.63, 3.8) is 0 Å². The van der Waals surface area contributed by atoms with Crippen LogP contribution in [0.15, 0.2) is 60.9 Å². The first kappa shape index (κ1) is 20.6. The van der Waals surface area contributed by atoms with E-state index in [9.17, 15) is 18.4 Å². The van der Waals surface area contributed by atoms with Crippen LogP contribution in [0.1, 0.15) is 12.8 Å². The second-order valence-electron chi connectivity index (χ2n) is 7.69. The molecule has 33 heavy (non-hydrogen) atoms. The fourth-order valence-electron chi connectivity index (χ4n) is 3.41. The normalized spacial score (nSPS) is 14.0. The highest BCUT2D eigenvalue weighted by Crippen LogP contribution is 2.47. The van der Waals surface area contributed by atoms with E-state index in [0.717, 1.165) is 6.07 Å². The SMILES string of the molecule is O=C(Nc1ccc(F)cc1)C1(C(=O)Nc2ccc(Oc3ccnc4[nH]ncc34)c(F)c2)CC1. The molecule has 1 saturated carbocycles. The Morgan fingerprint density at radius 2 is 1.64 bits per heavy atom. The number of rotatable bonds is 6. The van der Waals surface area contributed by atoms with Crippen molar-refractivity contribution in [3.05, 3.63) is 72.6 Å². The smallest absolute Gasteiger partial charge is 0.240 e. The summed E-state index contributed by atoms with van der Waals surface area (Å²) in [6, 6.07) is 10.8. The van der Waals surface area contributed by atoms with Crippen LogP contribution in [0.4, 0.5) is 20.2 Å². The number of aromatic amines is 1. The lowest BCUT2D eigenvalue weighted by Gasteiger charge is -2.16. The number of aromatic nitrogens is 3. The zero-order valence-corrected chi connectivity index (χ0v) is 17.1. The van der Waals surface area contributed by atoms with Crippen LogP contribution >= 0.6 is 0 Å². The van der Waals surface area contributed by atoms with Gasteiger partial charge in [-0.3, -0.25) is 14.7 Å². The number of fused-ring (bicyclic) bond motifs is 1. The Balaban J connectivity index is 1.28. The van der Waals surface area contributed by atoms with Gasteiger partial charge in [-0.2, -0.15) is 5.10 Å². The van der Waals surface area contributed by atoms with E-state index in [4.69, 9.17) is 4.74 Å². The van der Waals surface area contributed by atoms with E-state index >= 15 is 0 Å². The van der Waals surface area contributed by atoms with Gasteiger partial charge in [0, 0.05) is 23.6 Å². The summed E-state index contributed by atoms with van der Waals surface area (Å²) in [5.74, 6) is -1.82. The van der Waals surface area contributed by atoms with E-state index in [2.05, 4.69) is 25.8 Å². The number of amides is 2. The maximum atomic E-state index is 14.7. The average Bonchev–Trinajstić information content (AvgIpc) is 3.48. The third-order valence-corrected chi connectivity index (χ3v) is 5.45. The molecular weight excluding hydrogens is 432 g/mol. The quantitative estimate of drug-likeness (QED) is 0.379. The Kier molecular flexibility index (Phi) is 4.97. The Morgan fingerprint density at radius 1 is 0.939 bits per heavy atom. The van der Waals surface area contributed by atoms with E-state index in [-0.39, 0.29) is 11.4 Å². The lowest BCUT2D eigenvalue weighted by molar-refractivity contribution is -0.131. The van der Waals surface area contributed by atoms with Crippen LogP contribution in [0.5, 0.6) is 11.5 Å². The molecule has 2 aromatic carbocycles. The van der Waals surface area contributed by atoms with Crippen LogP contribution in [0.25, 0.3) is 11.0 Å². The van der Waals surface area contributed by atoms with Gasteiger partial charge in [0.2, 0.25) is 11.8 Å². The van der Waals surface area contributed by atoms with Crippen molar-refractivity contribution in [1.82, 2.24) is 15.2 Å². The molecule has 2 amide bonds. The zero-order chi connectivity index (χ0) is 23.0. The summed E-state index contributed by atoms with van der Waals surface area (Å²) in [5, 5.41) is 12.4. The summed E-state index contributed by atoms with van der Waals surface area (Å²) < 4.78 is 33.4. The zero-order valence-electron chi connectivity index (χ0n) is 17.1. The molecule has 0 aliphatic heterocycles. The summed E-state index contributed by atoms with van der Waals surface area (Å²) in [7, 11) is 0. The number of pyridine rings is 1. The van der Waals surface area contributed by atoms with Gasteiger partial charge in [0.05, 0.1) is 11.6 Å². The molecule has 8 nitrogen and oxygen atoms in total. The average molecular weight is 449 g/mol. The summed E-state index contributed by atoms with van der Waals surface area (Å²) in [4.78, 5) is 29.5. The number of nitrogens with zero attached hydrogens (tertiary/aromatic N) is 2. The van der Waals surface area contributed by atoms with Crippen LogP contribution in [0, 0.1) is 17.0 Å². The van der Waals surface area contributed by atoms with Gasteiger partial charge >= 0.3 is 0 Å². The Morgan fingerprint density at radius 3 is 2.33 bits per heavy atom. The molecule has 10 heteroatoms. The fourth-order valence-corrected chi connectivity index (χ4v) is 3.41. The summed E-state index contributed by atoms with van der Waals surface area (Å²) in [6.07, 6.45) is 3.75. The second-order valence-corrected chi connectivity index (χ2v) is 7.69. The molecule has 1 aliphatic carbocycles. The number of halogens is 2. The van der Waals surface area contributed by atoms with Crippen LogP contribution in [-0.2, 0) is 9.59 Å². The van der Waals surface area contributed by atoms with E-state index in [0.29, 0.717) is 35.3 Å². The number of nitrogens with one attached hydrogen (secondary N) is 3. The molecule has 0 spiro atoms. The molecule has 3 N–H and O–H groups in total. The molecular formula is C23H17F2N5O3. The summed E-state index contributed by atoms with van der Waals surface area (Å²) in [6.45, 7) is 0. The molecule has 0 saturated heterocycles. The van der Waals surface area contributed by atoms with Crippen LogP contribution < -0.4 is 15.4 Å². The number of ether oxygens (including phenoxy) is 1. The standard InChI is InChI=1S/C23H17F2N5O3/c24-13-1-3-14(4-2-13)28-21(31)23(8-9-23)22(32)29-15-5-6-19(17(25)11-15)33-18-7-10-26-20-16(18)12-27-30-20/h1-7,10-12H,8-9H2,(H,28,31)(H,29,32)(H,26,27,30). The molecule has 0 radical (unpaired) electrons. The number of carbonyl (C=O) groups is 2. The molecule has 1 aliphatic rings. The third-order valence-electron chi connectivity index (χ3n) is 5.45. The lowest BCUT2D eigenvalue weighted by atomic mass is 10.0. The first-order chi connectivity index (χ1) is 15.9. The van der Waals surface area contributed by atoms with E-state index in [1.807, 2.05) is 0 Å². The van der Waals surface area contributed by atoms with Crippen molar-refractivity contribution in [1.29, 1.82) is 0 Å². The largest absolute Gasteiger partial charge is 0.453 e. The van der Waals surface area contributed by atoms with Crippen LogP contribution in [0.3, 0.4) is 0 Å². The topological polar surface area (TPSA) is 109 Å². The Bertz CT molecular complexity index is 1370. The fraction of sp³-hybridized carbons (Fsp3) is 0.130. The number of H-pyrrole nitrogens is 1. The van der Waals surface area contributed by atoms with Gasteiger partial charge in [0.25, 0.3) is 0 Å². The second kappa shape index (κ2) is 7.97. The molecule has 2 heterocycles. The maximum absolute atomic E-state index is 14.7. The highest BCUT2D eigenvalue weighted by Gasteiger charge is 2.56. The van der Waals surface area contributed by atoms with Crippen molar-refractivity contribution in [2.75, 3.05) is 10.6 Å². The van der Waals surface area contributed by atoms with Crippen molar-refractivity contribution in [2.45, 2.75) is 12.8 Å². The monoisotopic (exact) mass is 449 g/mol. The molecule has 0 atom stereocenters. The van der Waals surface area contributed by atoms with Gasteiger partial charge in [0.1, 0.15) is 17.0 Å². The van der Waals surface area contributed by atoms with Gasteiger partial charge in [-0.15, -0.1) is 0 Å². The van der Waals surface area contributed by atoms with Crippen LogP contribution in [-0.4, -0.2) is 27.0 Å². The lowest BCUT2D eigenvalue weighted by Crippen LogP contribution is -2.35.